The van der Waals surface area contributed by atoms with Crippen LogP contribution < -0.4 is 15.2 Å². The van der Waals surface area contributed by atoms with Crippen molar-refractivity contribution in [1.82, 2.24) is 0 Å². The Kier molecular flexibility index (Phi) is 5.44. The Morgan fingerprint density at radius 2 is 1.35 bits per heavy atom. The largest absolute Gasteiger partial charge is 0.494 e. The number of nitrogens with two attached hydrogens (primary N) is 1. The lowest BCUT2D eigenvalue weighted by Gasteiger charge is -2.08. The molecule has 0 atom stereocenters. The van der Waals surface area contributed by atoms with Crippen LogP contribution >= 0.6 is 0 Å². The van der Waals surface area contributed by atoms with Crippen LogP contribution in [-0.2, 0) is 13.2 Å². The molecule has 3 nitrogen and oxygen atoms in total. The fourth-order valence-corrected chi connectivity index (χ4v) is 1.79. The Balaban J connectivity index is 1.86. The van der Waals surface area contributed by atoms with Crippen molar-refractivity contribution in [2.45, 2.75) is 26.5 Å². The van der Waals surface area contributed by atoms with Gasteiger partial charge in [0.2, 0.25) is 0 Å². The van der Waals surface area contributed by atoms with E-state index in [1.54, 1.807) is 0 Å². The molecule has 0 amide bonds. The zero-order chi connectivity index (χ0) is 14.2. The summed E-state index contributed by atoms with van der Waals surface area (Å²) in [7, 11) is 0. The maximum atomic E-state index is 5.74. The van der Waals surface area contributed by atoms with Crippen molar-refractivity contribution in [3.63, 3.8) is 0 Å². The number of benzene rings is 2. The van der Waals surface area contributed by atoms with E-state index in [0.717, 1.165) is 35.7 Å². The molecule has 0 bridgehead atoms. The van der Waals surface area contributed by atoms with Gasteiger partial charge in [-0.3, -0.25) is 0 Å². The van der Waals surface area contributed by atoms with Crippen LogP contribution in [0.4, 0.5) is 0 Å². The molecule has 0 radical (unpaired) electrons. The van der Waals surface area contributed by atoms with Crippen LogP contribution in [0.2, 0.25) is 0 Å². The monoisotopic (exact) mass is 271 g/mol. The van der Waals surface area contributed by atoms with Crippen LogP contribution in [0.3, 0.4) is 0 Å². The van der Waals surface area contributed by atoms with Crippen molar-refractivity contribution in [2.24, 2.45) is 5.73 Å². The molecular formula is C17H21NO2. The smallest absolute Gasteiger partial charge is 0.120 e. The second-order valence-corrected chi connectivity index (χ2v) is 4.63. The van der Waals surface area contributed by atoms with Gasteiger partial charge in [0.15, 0.2) is 0 Å². The first-order valence-corrected chi connectivity index (χ1v) is 6.95. The molecule has 2 aromatic carbocycles. The summed E-state index contributed by atoms with van der Waals surface area (Å²) in [5.41, 5.74) is 7.83. The Hall–Kier alpha value is -2.00. The average Bonchev–Trinajstić information content (AvgIpc) is 2.52. The van der Waals surface area contributed by atoms with Crippen molar-refractivity contribution in [1.29, 1.82) is 0 Å². The van der Waals surface area contributed by atoms with Crippen LogP contribution in [0.1, 0.15) is 24.5 Å². The van der Waals surface area contributed by atoms with Gasteiger partial charge in [-0.05, 0) is 41.8 Å². The summed E-state index contributed by atoms with van der Waals surface area (Å²) in [5.74, 6) is 1.73. The fourth-order valence-electron chi connectivity index (χ4n) is 1.79. The first-order valence-electron chi connectivity index (χ1n) is 6.95. The van der Waals surface area contributed by atoms with Crippen molar-refractivity contribution < 1.29 is 9.47 Å². The lowest BCUT2D eigenvalue weighted by atomic mass is 10.1. The third kappa shape index (κ3) is 4.28. The molecule has 0 aliphatic rings. The lowest BCUT2D eigenvalue weighted by Crippen LogP contribution is -1.99. The third-order valence-corrected chi connectivity index (χ3v) is 2.96. The molecule has 0 aromatic heterocycles. The van der Waals surface area contributed by atoms with Crippen molar-refractivity contribution >= 4 is 0 Å². The third-order valence-electron chi connectivity index (χ3n) is 2.96. The summed E-state index contributed by atoms with van der Waals surface area (Å²) in [6.07, 6.45) is 1.01. The molecule has 0 aliphatic carbocycles. The van der Waals surface area contributed by atoms with Gasteiger partial charge in [0, 0.05) is 6.54 Å². The minimum Gasteiger partial charge on any atom is -0.494 e. The van der Waals surface area contributed by atoms with Crippen LogP contribution in [-0.4, -0.2) is 6.61 Å². The molecule has 2 rings (SSSR count). The first kappa shape index (κ1) is 14.4. The molecule has 0 saturated carbocycles. The van der Waals surface area contributed by atoms with Gasteiger partial charge < -0.3 is 15.2 Å². The lowest BCUT2D eigenvalue weighted by molar-refractivity contribution is 0.301. The molecule has 0 saturated heterocycles. The standard InChI is InChI=1S/C17H21NO2/c1-2-11-19-16-7-9-17(10-8-16)20-13-15-5-3-14(12-18)4-6-15/h3-10H,2,11-13,18H2,1H3. The van der Waals surface area contributed by atoms with Gasteiger partial charge in [0.1, 0.15) is 18.1 Å². The van der Waals surface area contributed by atoms with E-state index in [1.807, 2.05) is 48.5 Å². The minimum absolute atomic E-state index is 0.556. The predicted molar refractivity (Wildman–Crippen MR) is 80.9 cm³/mol. The highest BCUT2D eigenvalue weighted by molar-refractivity contribution is 5.31. The molecule has 20 heavy (non-hydrogen) atoms. The van der Waals surface area contributed by atoms with E-state index in [9.17, 15) is 0 Å². The Bertz CT molecular complexity index is 506. The Morgan fingerprint density at radius 1 is 0.800 bits per heavy atom. The summed E-state index contributed by atoms with van der Waals surface area (Å²) < 4.78 is 11.3. The molecule has 3 heteroatoms. The van der Waals surface area contributed by atoms with Gasteiger partial charge in [-0.2, -0.15) is 0 Å². The summed E-state index contributed by atoms with van der Waals surface area (Å²) in [6, 6.07) is 15.9. The molecule has 2 N–H and O–H groups in total. The number of ether oxygens (including phenoxy) is 2. The van der Waals surface area contributed by atoms with E-state index in [2.05, 4.69) is 6.92 Å². The Labute approximate surface area is 120 Å². The Morgan fingerprint density at radius 3 is 1.90 bits per heavy atom. The molecule has 0 spiro atoms. The fraction of sp³-hybridized carbons (Fsp3) is 0.294. The van der Waals surface area contributed by atoms with Gasteiger partial charge in [-0.1, -0.05) is 31.2 Å². The number of hydrogen-bond acceptors (Lipinski definition) is 3. The van der Waals surface area contributed by atoms with Gasteiger partial charge in [0.25, 0.3) is 0 Å². The average molecular weight is 271 g/mol. The highest BCUT2D eigenvalue weighted by atomic mass is 16.5. The van der Waals surface area contributed by atoms with Crippen molar-refractivity contribution in [3.8, 4) is 11.5 Å². The van der Waals surface area contributed by atoms with Crippen LogP contribution in [0.15, 0.2) is 48.5 Å². The first-order chi connectivity index (χ1) is 9.81. The zero-order valence-corrected chi connectivity index (χ0v) is 11.8. The van der Waals surface area contributed by atoms with E-state index in [-0.39, 0.29) is 0 Å². The van der Waals surface area contributed by atoms with Gasteiger partial charge in [-0.25, -0.2) is 0 Å². The maximum Gasteiger partial charge on any atom is 0.120 e. The van der Waals surface area contributed by atoms with Crippen LogP contribution in [0.5, 0.6) is 11.5 Å². The molecule has 0 fully saturated rings. The molecule has 0 aliphatic heterocycles. The highest BCUT2D eigenvalue weighted by Crippen LogP contribution is 2.19. The van der Waals surface area contributed by atoms with E-state index in [0.29, 0.717) is 13.2 Å². The van der Waals surface area contributed by atoms with Crippen molar-refractivity contribution in [2.75, 3.05) is 6.61 Å². The van der Waals surface area contributed by atoms with Crippen LogP contribution in [0, 0.1) is 0 Å². The maximum absolute atomic E-state index is 5.74. The van der Waals surface area contributed by atoms with E-state index in [1.165, 1.54) is 0 Å². The summed E-state index contributed by atoms with van der Waals surface area (Å²) in [5, 5.41) is 0. The number of rotatable bonds is 7. The zero-order valence-electron chi connectivity index (χ0n) is 11.8. The van der Waals surface area contributed by atoms with Crippen LogP contribution in [0.25, 0.3) is 0 Å². The summed E-state index contributed by atoms with van der Waals surface area (Å²) in [6.45, 7) is 3.96. The summed E-state index contributed by atoms with van der Waals surface area (Å²) >= 11 is 0. The topological polar surface area (TPSA) is 44.5 Å². The molecule has 0 heterocycles. The van der Waals surface area contributed by atoms with Gasteiger partial charge in [0.05, 0.1) is 6.61 Å². The predicted octanol–water partition coefficient (Wildman–Crippen LogP) is 3.51. The second kappa shape index (κ2) is 7.56. The van der Waals surface area contributed by atoms with Gasteiger partial charge >= 0.3 is 0 Å². The normalized spacial score (nSPS) is 10.3. The van der Waals surface area contributed by atoms with E-state index >= 15 is 0 Å². The quantitative estimate of drug-likeness (QED) is 0.838. The highest BCUT2D eigenvalue weighted by Gasteiger charge is 1.98. The molecule has 0 unspecified atom stereocenters. The SMILES string of the molecule is CCCOc1ccc(OCc2ccc(CN)cc2)cc1. The van der Waals surface area contributed by atoms with E-state index < -0.39 is 0 Å². The minimum atomic E-state index is 0.556. The van der Waals surface area contributed by atoms with E-state index in [4.69, 9.17) is 15.2 Å². The number of hydrogen-bond donors (Lipinski definition) is 1. The van der Waals surface area contributed by atoms with Crippen molar-refractivity contribution in [3.05, 3.63) is 59.7 Å². The molecular weight excluding hydrogens is 250 g/mol. The molecule has 106 valence electrons. The molecule has 2 aromatic rings. The summed E-state index contributed by atoms with van der Waals surface area (Å²) in [4.78, 5) is 0. The second-order valence-electron chi connectivity index (χ2n) is 4.63. The van der Waals surface area contributed by atoms with Gasteiger partial charge in [-0.15, -0.1) is 0 Å².